The number of carbonyl (C=O) groups excluding carboxylic acids is 1. The lowest BCUT2D eigenvalue weighted by Gasteiger charge is -2.24. The Kier molecular flexibility index (Phi) is 5.28. The summed E-state index contributed by atoms with van der Waals surface area (Å²) >= 11 is 0. The second kappa shape index (κ2) is 6.50. The molecule has 3 nitrogen and oxygen atoms in total. The molecule has 0 saturated carbocycles. The van der Waals surface area contributed by atoms with Crippen molar-refractivity contribution in [3.8, 4) is 0 Å². The molecule has 1 atom stereocenters. The van der Waals surface area contributed by atoms with Crippen LogP contribution in [0.15, 0.2) is 18.2 Å². The van der Waals surface area contributed by atoms with Crippen LogP contribution in [0.25, 0.3) is 0 Å². The maximum absolute atomic E-state index is 13.7. The third-order valence-electron chi connectivity index (χ3n) is 2.96. The summed E-state index contributed by atoms with van der Waals surface area (Å²) in [4.78, 5) is 13.8. The Morgan fingerprint density at radius 3 is 2.67 bits per heavy atom. The number of nitrogens with two attached hydrogens (primary N) is 1. The highest BCUT2D eigenvalue weighted by Crippen LogP contribution is 2.13. The maximum Gasteiger partial charge on any atom is 0.256 e. The van der Waals surface area contributed by atoms with Crippen molar-refractivity contribution >= 4 is 5.91 Å². The molecule has 0 heterocycles. The minimum absolute atomic E-state index is 0.131. The van der Waals surface area contributed by atoms with Gasteiger partial charge in [0.05, 0.1) is 5.56 Å². The summed E-state index contributed by atoms with van der Waals surface area (Å²) in [7, 11) is 0. The number of hydrogen-bond acceptors (Lipinski definition) is 2. The molecule has 0 spiro atoms. The van der Waals surface area contributed by atoms with Crippen LogP contribution in [0.4, 0.5) is 4.39 Å². The van der Waals surface area contributed by atoms with Crippen LogP contribution in [0.2, 0.25) is 0 Å². The van der Waals surface area contributed by atoms with Crippen LogP contribution in [0.3, 0.4) is 0 Å². The topological polar surface area (TPSA) is 46.3 Å². The molecular weight excluding hydrogens is 231 g/mol. The normalized spacial score (nSPS) is 12.3. The van der Waals surface area contributed by atoms with E-state index in [2.05, 4.69) is 0 Å². The highest BCUT2D eigenvalue weighted by atomic mass is 19.1. The highest BCUT2D eigenvalue weighted by Gasteiger charge is 2.19. The number of benzene rings is 1. The maximum atomic E-state index is 13.7. The number of hydrogen-bond donors (Lipinski definition) is 1. The fourth-order valence-corrected chi connectivity index (χ4v) is 1.77. The molecule has 1 rings (SSSR count). The number of aryl methyl sites for hydroxylation is 1. The standard InChI is InChI=1S/C14H21FN2O/c1-4-17(9-11(3)8-16)14(18)12-6-5-10(2)7-13(12)15/h5-7,11H,4,8-9,16H2,1-3H3. The van der Waals surface area contributed by atoms with Crippen LogP contribution in [-0.2, 0) is 0 Å². The molecule has 0 fully saturated rings. The highest BCUT2D eigenvalue weighted by molar-refractivity contribution is 5.94. The first-order chi connectivity index (χ1) is 8.49. The molecule has 1 unspecified atom stereocenters. The molecule has 1 aromatic rings. The molecule has 100 valence electrons. The predicted molar refractivity (Wildman–Crippen MR) is 70.9 cm³/mol. The average Bonchev–Trinajstić information content (AvgIpc) is 2.34. The Morgan fingerprint density at radius 1 is 1.50 bits per heavy atom. The van der Waals surface area contributed by atoms with Gasteiger partial charge >= 0.3 is 0 Å². The summed E-state index contributed by atoms with van der Waals surface area (Å²) in [6.07, 6.45) is 0. The van der Waals surface area contributed by atoms with Gasteiger partial charge in [0.1, 0.15) is 5.82 Å². The summed E-state index contributed by atoms with van der Waals surface area (Å²) in [5.74, 6) is -0.517. The van der Waals surface area contributed by atoms with Crippen molar-refractivity contribution in [2.24, 2.45) is 11.7 Å². The summed E-state index contributed by atoms with van der Waals surface area (Å²) < 4.78 is 13.7. The third-order valence-corrected chi connectivity index (χ3v) is 2.96. The van der Waals surface area contributed by atoms with Gasteiger partial charge in [-0.05, 0) is 44.0 Å². The molecule has 0 aromatic heterocycles. The lowest BCUT2D eigenvalue weighted by Crippen LogP contribution is -2.37. The average molecular weight is 252 g/mol. The second-order valence-corrected chi connectivity index (χ2v) is 4.67. The molecule has 0 aliphatic rings. The SMILES string of the molecule is CCN(CC(C)CN)C(=O)c1ccc(C)cc1F. The molecule has 0 aliphatic heterocycles. The Bertz CT molecular complexity index is 420. The van der Waals surface area contributed by atoms with Gasteiger partial charge in [0, 0.05) is 13.1 Å². The Morgan fingerprint density at radius 2 is 2.17 bits per heavy atom. The van der Waals surface area contributed by atoms with Crippen LogP contribution < -0.4 is 5.73 Å². The first-order valence-electron chi connectivity index (χ1n) is 6.25. The minimum atomic E-state index is -0.459. The monoisotopic (exact) mass is 252 g/mol. The Balaban J connectivity index is 2.89. The van der Waals surface area contributed by atoms with Crippen molar-refractivity contribution in [1.82, 2.24) is 4.90 Å². The van der Waals surface area contributed by atoms with Crippen molar-refractivity contribution in [2.45, 2.75) is 20.8 Å². The van der Waals surface area contributed by atoms with Crippen molar-refractivity contribution in [1.29, 1.82) is 0 Å². The van der Waals surface area contributed by atoms with E-state index in [0.29, 0.717) is 19.6 Å². The second-order valence-electron chi connectivity index (χ2n) is 4.67. The molecule has 0 saturated heterocycles. The van der Waals surface area contributed by atoms with Crippen molar-refractivity contribution in [2.75, 3.05) is 19.6 Å². The number of halogens is 1. The molecule has 0 aliphatic carbocycles. The van der Waals surface area contributed by atoms with Crippen LogP contribution >= 0.6 is 0 Å². The first kappa shape index (κ1) is 14.6. The molecule has 1 aromatic carbocycles. The van der Waals surface area contributed by atoms with Crippen LogP contribution in [0.5, 0.6) is 0 Å². The van der Waals surface area contributed by atoms with Gasteiger partial charge in [-0.2, -0.15) is 0 Å². The van der Waals surface area contributed by atoms with Gasteiger partial charge < -0.3 is 10.6 Å². The van der Waals surface area contributed by atoms with Crippen LogP contribution in [0, 0.1) is 18.7 Å². The van der Waals surface area contributed by atoms with E-state index in [9.17, 15) is 9.18 Å². The predicted octanol–water partition coefficient (Wildman–Crippen LogP) is 2.19. The molecule has 1 amide bonds. The van der Waals surface area contributed by atoms with Crippen LogP contribution in [-0.4, -0.2) is 30.4 Å². The van der Waals surface area contributed by atoms with E-state index in [1.807, 2.05) is 13.8 Å². The van der Waals surface area contributed by atoms with E-state index in [1.165, 1.54) is 6.07 Å². The number of nitrogens with zero attached hydrogens (tertiary/aromatic N) is 1. The smallest absolute Gasteiger partial charge is 0.256 e. The van der Waals surface area contributed by atoms with Crippen molar-refractivity contribution in [3.05, 3.63) is 35.1 Å². The summed E-state index contributed by atoms with van der Waals surface area (Å²) in [5.41, 5.74) is 6.49. The summed E-state index contributed by atoms with van der Waals surface area (Å²) in [6.45, 7) is 7.27. The number of carbonyl (C=O) groups is 1. The molecule has 2 N–H and O–H groups in total. The minimum Gasteiger partial charge on any atom is -0.339 e. The van der Waals surface area contributed by atoms with Gasteiger partial charge in [0.2, 0.25) is 0 Å². The zero-order chi connectivity index (χ0) is 13.7. The number of rotatable bonds is 5. The van der Waals surface area contributed by atoms with E-state index in [0.717, 1.165) is 5.56 Å². The van der Waals surface area contributed by atoms with Gasteiger partial charge in [-0.25, -0.2) is 4.39 Å². The molecule has 0 bridgehead atoms. The first-order valence-corrected chi connectivity index (χ1v) is 6.25. The molecule has 0 radical (unpaired) electrons. The van der Waals surface area contributed by atoms with Crippen LogP contribution in [0.1, 0.15) is 29.8 Å². The van der Waals surface area contributed by atoms with E-state index in [1.54, 1.807) is 24.0 Å². The lowest BCUT2D eigenvalue weighted by atomic mass is 10.1. The summed E-state index contributed by atoms with van der Waals surface area (Å²) in [6, 6.07) is 4.67. The third kappa shape index (κ3) is 3.53. The lowest BCUT2D eigenvalue weighted by molar-refractivity contribution is 0.0739. The van der Waals surface area contributed by atoms with E-state index in [4.69, 9.17) is 5.73 Å². The van der Waals surface area contributed by atoms with E-state index >= 15 is 0 Å². The largest absolute Gasteiger partial charge is 0.339 e. The van der Waals surface area contributed by atoms with E-state index < -0.39 is 5.82 Å². The van der Waals surface area contributed by atoms with Gasteiger partial charge in [-0.3, -0.25) is 4.79 Å². The fraction of sp³-hybridized carbons (Fsp3) is 0.500. The number of amides is 1. The Hall–Kier alpha value is -1.42. The Labute approximate surface area is 108 Å². The quantitative estimate of drug-likeness (QED) is 0.873. The van der Waals surface area contributed by atoms with Gasteiger partial charge in [0.25, 0.3) is 5.91 Å². The zero-order valence-electron chi connectivity index (χ0n) is 11.2. The van der Waals surface area contributed by atoms with Gasteiger partial charge in [-0.1, -0.05) is 13.0 Å². The van der Waals surface area contributed by atoms with Crippen molar-refractivity contribution in [3.63, 3.8) is 0 Å². The van der Waals surface area contributed by atoms with Gasteiger partial charge in [-0.15, -0.1) is 0 Å². The summed E-state index contributed by atoms with van der Waals surface area (Å²) in [5, 5.41) is 0. The van der Waals surface area contributed by atoms with Crippen molar-refractivity contribution < 1.29 is 9.18 Å². The molecule has 4 heteroatoms. The zero-order valence-corrected chi connectivity index (χ0v) is 11.2. The fourth-order valence-electron chi connectivity index (χ4n) is 1.77. The van der Waals surface area contributed by atoms with E-state index in [-0.39, 0.29) is 17.4 Å². The molecule has 18 heavy (non-hydrogen) atoms. The van der Waals surface area contributed by atoms with Gasteiger partial charge in [0.15, 0.2) is 0 Å². The molecular formula is C14H21FN2O.